The Hall–Kier alpha value is -2.43. The summed E-state index contributed by atoms with van der Waals surface area (Å²) in [4.78, 5) is 21.0. The second-order valence-corrected chi connectivity index (χ2v) is 9.22. The predicted octanol–water partition coefficient (Wildman–Crippen LogP) is 7.89. The number of ether oxygens (including phenoxy) is 2. The predicted molar refractivity (Wildman–Crippen MR) is 139 cm³/mol. The molecule has 0 fully saturated rings. The van der Waals surface area contributed by atoms with E-state index >= 15 is 0 Å². The lowest BCUT2D eigenvalue weighted by Crippen LogP contribution is -2.09. The maximum absolute atomic E-state index is 12.1. The van der Waals surface area contributed by atoms with Gasteiger partial charge >= 0.3 is 5.97 Å². The van der Waals surface area contributed by atoms with Crippen LogP contribution in [-0.4, -0.2) is 29.2 Å². The Morgan fingerprint density at radius 2 is 1.35 bits per heavy atom. The van der Waals surface area contributed by atoms with E-state index < -0.39 is 0 Å². The third kappa shape index (κ3) is 11.1. The topological polar surface area (TPSA) is 61.3 Å². The monoisotopic (exact) mass is 468 g/mol. The van der Waals surface area contributed by atoms with Gasteiger partial charge in [-0.2, -0.15) is 0 Å². The summed E-state index contributed by atoms with van der Waals surface area (Å²) >= 11 is 0. The SMILES string of the molecule is CCCCCCCCCOc1cnc(-c2ccc(C(C)CC(=O)OCCCCCC)cc2)nc1. The minimum absolute atomic E-state index is 0.112. The molecule has 0 radical (unpaired) electrons. The van der Waals surface area contributed by atoms with Gasteiger partial charge < -0.3 is 9.47 Å². The molecule has 1 aromatic carbocycles. The first-order valence-corrected chi connectivity index (χ1v) is 13.3. The number of nitrogens with zero attached hydrogens (tertiary/aromatic N) is 2. The highest BCUT2D eigenvalue weighted by Crippen LogP contribution is 2.23. The van der Waals surface area contributed by atoms with Crippen molar-refractivity contribution >= 4 is 5.97 Å². The van der Waals surface area contributed by atoms with Gasteiger partial charge in [-0.3, -0.25) is 4.79 Å². The highest BCUT2D eigenvalue weighted by molar-refractivity contribution is 5.70. The van der Waals surface area contributed by atoms with Gasteiger partial charge in [-0.05, 0) is 24.3 Å². The van der Waals surface area contributed by atoms with E-state index in [0.717, 1.165) is 30.4 Å². The lowest BCUT2D eigenvalue weighted by Gasteiger charge is -2.12. The molecule has 0 bridgehead atoms. The summed E-state index contributed by atoms with van der Waals surface area (Å²) in [5, 5.41) is 0. The molecule has 2 aromatic rings. The average Bonchev–Trinajstić information content (AvgIpc) is 2.86. The Bertz CT molecular complexity index is 790. The lowest BCUT2D eigenvalue weighted by atomic mass is 9.97. The molecule has 5 heteroatoms. The molecule has 1 aromatic heterocycles. The fourth-order valence-electron chi connectivity index (χ4n) is 3.89. The molecule has 1 unspecified atom stereocenters. The van der Waals surface area contributed by atoms with E-state index in [4.69, 9.17) is 9.47 Å². The van der Waals surface area contributed by atoms with Crippen LogP contribution in [0.15, 0.2) is 36.7 Å². The zero-order chi connectivity index (χ0) is 24.4. The minimum atomic E-state index is -0.122. The van der Waals surface area contributed by atoms with E-state index in [1.165, 1.54) is 51.4 Å². The number of carbonyl (C=O) groups is 1. The van der Waals surface area contributed by atoms with Crippen LogP contribution in [0.2, 0.25) is 0 Å². The first kappa shape index (κ1) is 27.8. The van der Waals surface area contributed by atoms with E-state index in [0.29, 0.717) is 31.2 Å². The van der Waals surface area contributed by atoms with Crippen LogP contribution in [0.5, 0.6) is 5.75 Å². The average molecular weight is 469 g/mol. The van der Waals surface area contributed by atoms with E-state index in [2.05, 4.69) is 30.7 Å². The highest BCUT2D eigenvalue weighted by Gasteiger charge is 2.13. The van der Waals surface area contributed by atoms with Crippen molar-refractivity contribution in [2.24, 2.45) is 0 Å². The van der Waals surface area contributed by atoms with Gasteiger partial charge in [-0.15, -0.1) is 0 Å². The molecular weight excluding hydrogens is 424 g/mol. The molecule has 34 heavy (non-hydrogen) atoms. The van der Waals surface area contributed by atoms with Crippen molar-refractivity contribution in [3.05, 3.63) is 42.2 Å². The quantitative estimate of drug-likeness (QED) is 0.164. The molecule has 188 valence electrons. The van der Waals surface area contributed by atoms with Crippen LogP contribution >= 0.6 is 0 Å². The molecule has 0 aliphatic carbocycles. The van der Waals surface area contributed by atoms with Crippen LogP contribution in [0.3, 0.4) is 0 Å². The van der Waals surface area contributed by atoms with E-state index in [-0.39, 0.29) is 11.9 Å². The van der Waals surface area contributed by atoms with Crippen LogP contribution in [0.4, 0.5) is 0 Å². The molecule has 1 heterocycles. The molecule has 2 rings (SSSR count). The van der Waals surface area contributed by atoms with Crippen molar-refractivity contribution < 1.29 is 14.3 Å². The summed E-state index contributed by atoms with van der Waals surface area (Å²) in [7, 11) is 0. The van der Waals surface area contributed by atoms with Gasteiger partial charge in [0.25, 0.3) is 0 Å². The summed E-state index contributed by atoms with van der Waals surface area (Å²) in [5.74, 6) is 1.38. The smallest absolute Gasteiger partial charge is 0.306 e. The fraction of sp³-hybridized carbons (Fsp3) is 0.621. The van der Waals surface area contributed by atoms with Gasteiger partial charge in [0.05, 0.1) is 32.0 Å². The number of hydrogen-bond donors (Lipinski definition) is 0. The normalized spacial score (nSPS) is 11.9. The maximum Gasteiger partial charge on any atom is 0.306 e. The van der Waals surface area contributed by atoms with Crippen LogP contribution in [0.1, 0.15) is 109 Å². The summed E-state index contributed by atoms with van der Waals surface area (Å²) < 4.78 is 11.2. The minimum Gasteiger partial charge on any atom is -0.490 e. The second-order valence-electron chi connectivity index (χ2n) is 9.22. The molecule has 0 N–H and O–H groups in total. The van der Waals surface area contributed by atoms with Crippen molar-refractivity contribution in [3.63, 3.8) is 0 Å². The molecule has 0 aliphatic rings. The van der Waals surface area contributed by atoms with Crippen molar-refractivity contribution in [3.8, 4) is 17.1 Å². The zero-order valence-corrected chi connectivity index (χ0v) is 21.6. The summed E-state index contributed by atoms with van der Waals surface area (Å²) in [6.07, 6.45) is 17.2. The maximum atomic E-state index is 12.1. The van der Waals surface area contributed by atoms with Crippen LogP contribution in [-0.2, 0) is 9.53 Å². The molecule has 0 saturated carbocycles. The van der Waals surface area contributed by atoms with Crippen molar-refractivity contribution in [2.45, 2.75) is 104 Å². The molecule has 0 saturated heterocycles. The van der Waals surface area contributed by atoms with Crippen molar-refractivity contribution in [2.75, 3.05) is 13.2 Å². The van der Waals surface area contributed by atoms with Crippen LogP contribution in [0, 0.1) is 0 Å². The summed E-state index contributed by atoms with van der Waals surface area (Å²) in [6.45, 7) is 7.72. The van der Waals surface area contributed by atoms with E-state index in [1.54, 1.807) is 12.4 Å². The number of hydrogen-bond acceptors (Lipinski definition) is 5. The molecule has 0 aliphatic heterocycles. The van der Waals surface area contributed by atoms with Gasteiger partial charge in [0.15, 0.2) is 11.6 Å². The van der Waals surface area contributed by atoms with Crippen molar-refractivity contribution in [1.82, 2.24) is 9.97 Å². The Morgan fingerprint density at radius 3 is 2.00 bits per heavy atom. The Kier molecular flexibility index (Phi) is 14.0. The number of aromatic nitrogens is 2. The highest BCUT2D eigenvalue weighted by atomic mass is 16.5. The number of rotatable bonds is 18. The van der Waals surface area contributed by atoms with Crippen LogP contribution in [0.25, 0.3) is 11.4 Å². The third-order valence-corrected chi connectivity index (χ3v) is 6.12. The molecule has 5 nitrogen and oxygen atoms in total. The second kappa shape index (κ2) is 17.1. The number of unbranched alkanes of at least 4 members (excludes halogenated alkanes) is 9. The Morgan fingerprint density at radius 1 is 0.794 bits per heavy atom. The lowest BCUT2D eigenvalue weighted by molar-refractivity contribution is -0.144. The molecule has 0 spiro atoms. The molecule has 1 atom stereocenters. The number of benzene rings is 1. The Labute approximate surface area is 206 Å². The number of carbonyl (C=O) groups excluding carboxylic acids is 1. The van der Waals surface area contributed by atoms with Gasteiger partial charge in [-0.1, -0.05) is 103 Å². The van der Waals surface area contributed by atoms with Crippen molar-refractivity contribution in [1.29, 1.82) is 0 Å². The fourth-order valence-corrected chi connectivity index (χ4v) is 3.89. The molecular formula is C29H44N2O3. The van der Waals surface area contributed by atoms with E-state index in [1.807, 2.05) is 24.3 Å². The zero-order valence-electron chi connectivity index (χ0n) is 21.6. The van der Waals surface area contributed by atoms with E-state index in [9.17, 15) is 4.79 Å². The van der Waals surface area contributed by atoms with Gasteiger partial charge in [0.2, 0.25) is 0 Å². The third-order valence-electron chi connectivity index (χ3n) is 6.12. The van der Waals surface area contributed by atoms with Gasteiger partial charge in [0.1, 0.15) is 0 Å². The first-order chi connectivity index (χ1) is 16.6. The summed E-state index contributed by atoms with van der Waals surface area (Å²) in [5.41, 5.74) is 2.06. The first-order valence-electron chi connectivity index (χ1n) is 13.3. The Balaban J connectivity index is 1.71. The standard InChI is InChI=1S/C29H44N2O3/c1-4-6-8-10-11-12-14-19-33-27-22-30-29(31-23-27)26-17-15-25(16-18-26)24(3)21-28(32)34-20-13-9-7-5-2/h15-18,22-24H,4-14,19-21H2,1-3H3. The van der Waals surface area contributed by atoms with Gasteiger partial charge in [-0.25, -0.2) is 9.97 Å². The van der Waals surface area contributed by atoms with Crippen LogP contribution < -0.4 is 4.74 Å². The van der Waals surface area contributed by atoms with Gasteiger partial charge in [0, 0.05) is 5.56 Å². The number of esters is 1. The summed E-state index contributed by atoms with van der Waals surface area (Å²) in [6, 6.07) is 8.11. The molecule has 0 amide bonds. The largest absolute Gasteiger partial charge is 0.490 e.